The van der Waals surface area contributed by atoms with Crippen LogP contribution >= 0.6 is 0 Å². The molecule has 1 saturated heterocycles. The van der Waals surface area contributed by atoms with Crippen LogP contribution in [0.2, 0.25) is 0 Å². The number of nitrogens with one attached hydrogen (secondary N) is 3. The number of H-pyrrole nitrogens is 1. The number of rotatable bonds is 8. The molecule has 9 nitrogen and oxygen atoms in total. The summed E-state index contributed by atoms with van der Waals surface area (Å²) < 4.78 is 16.0. The van der Waals surface area contributed by atoms with Crippen LogP contribution in [0, 0.1) is 0 Å². The van der Waals surface area contributed by atoms with Crippen molar-refractivity contribution in [3.05, 3.63) is 36.5 Å². The van der Waals surface area contributed by atoms with Gasteiger partial charge in [0, 0.05) is 49.7 Å². The van der Waals surface area contributed by atoms with Crippen LogP contribution in [0.25, 0.3) is 22.2 Å². The van der Waals surface area contributed by atoms with Gasteiger partial charge in [0.1, 0.15) is 12.3 Å². The second kappa shape index (κ2) is 8.78. The van der Waals surface area contributed by atoms with Gasteiger partial charge in [-0.2, -0.15) is 5.10 Å². The Bertz CT molecular complexity index is 1010. The number of carbonyl (C=O) groups excluding carboxylic acids is 1. The molecule has 1 atom stereocenters. The fourth-order valence-electron chi connectivity index (χ4n) is 3.52. The van der Waals surface area contributed by atoms with Gasteiger partial charge in [0.2, 0.25) is 5.88 Å². The van der Waals surface area contributed by atoms with Gasteiger partial charge in [-0.3, -0.25) is 9.89 Å². The Morgan fingerprint density at radius 1 is 1.23 bits per heavy atom. The summed E-state index contributed by atoms with van der Waals surface area (Å²) in [6.45, 7) is 2.20. The van der Waals surface area contributed by atoms with E-state index in [1.165, 1.54) is 0 Å². The number of ether oxygens (including phenoxy) is 3. The van der Waals surface area contributed by atoms with Crippen molar-refractivity contribution in [1.82, 2.24) is 20.5 Å². The Morgan fingerprint density at radius 3 is 2.83 bits per heavy atom. The maximum Gasteiger partial charge on any atom is 0.257 e. The zero-order valence-corrected chi connectivity index (χ0v) is 17.0. The molecule has 0 bridgehead atoms. The van der Waals surface area contributed by atoms with E-state index in [0.29, 0.717) is 37.7 Å². The number of carbonyl (C=O) groups is 1. The summed E-state index contributed by atoms with van der Waals surface area (Å²) in [7, 11) is 3.19. The van der Waals surface area contributed by atoms with Gasteiger partial charge in [-0.15, -0.1) is 0 Å². The lowest BCUT2D eigenvalue weighted by molar-refractivity contribution is -0.135. The standard InChI is InChI=1S/C21H25N5O4/c1-28-9-10-30-18-6-3-14(12-23-18)19-16-11-15(4-5-17(16)25-26-19)24-20(27)21(29-2)7-8-22-13-21/h3-6,11-12,22H,7-10,13H2,1-2H3,(H,24,27)(H,25,26)/t21-/m0/s1. The fourth-order valence-corrected chi connectivity index (χ4v) is 3.52. The minimum absolute atomic E-state index is 0.154. The highest BCUT2D eigenvalue weighted by molar-refractivity contribution is 6.01. The van der Waals surface area contributed by atoms with Gasteiger partial charge in [-0.1, -0.05) is 0 Å². The molecule has 1 amide bonds. The molecule has 9 heteroatoms. The number of benzene rings is 1. The molecule has 4 rings (SSSR count). The summed E-state index contributed by atoms with van der Waals surface area (Å²) in [4.78, 5) is 17.1. The van der Waals surface area contributed by atoms with Gasteiger partial charge in [0.25, 0.3) is 5.91 Å². The first kappa shape index (κ1) is 20.3. The molecule has 3 heterocycles. The highest BCUT2D eigenvalue weighted by Crippen LogP contribution is 2.29. The number of pyridine rings is 1. The molecule has 2 aromatic heterocycles. The molecule has 0 spiro atoms. The van der Waals surface area contributed by atoms with Crippen LogP contribution in [0.1, 0.15) is 6.42 Å². The van der Waals surface area contributed by atoms with Crippen LogP contribution in [0.3, 0.4) is 0 Å². The van der Waals surface area contributed by atoms with Crippen LogP contribution in [0.4, 0.5) is 5.69 Å². The van der Waals surface area contributed by atoms with Crippen molar-refractivity contribution >= 4 is 22.5 Å². The Kier molecular flexibility index (Phi) is 5.93. The Hall–Kier alpha value is -3.01. The lowest BCUT2D eigenvalue weighted by Gasteiger charge is -2.25. The molecule has 1 aliphatic heterocycles. The molecule has 1 fully saturated rings. The second-order valence-corrected chi connectivity index (χ2v) is 7.14. The SMILES string of the molecule is COCCOc1ccc(-c2n[nH]c3ccc(NC(=O)[C@]4(OC)CCNC4)cc23)cn1. The van der Waals surface area contributed by atoms with E-state index in [-0.39, 0.29) is 5.91 Å². The molecule has 0 saturated carbocycles. The summed E-state index contributed by atoms with van der Waals surface area (Å²) in [5.41, 5.74) is 2.31. The predicted octanol–water partition coefficient (Wildman–Crippen LogP) is 1.97. The number of amides is 1. The highest BCUT2D eigenvalue weighted by atomic mass is 16.5. The van der Waals surface area contributed by atoms with Crippen LogP contribution in [-0.2, 0) is 14.3 Å². The summed E-state index contributed by atoms with van der Waals surface area (Å²) in [6.07, 6.45) is 2.35. The summed E-state index contributed by atoms with van der Waals surface area (Å²) in [5, 5.41) is 14.5. The van der Waals surface area contributed by atoms with Crippen LogP contribution in [-0.4, -0.2) is 67.2 Å². The molecule has 0 aliphatic carbocycles. The quantitative estimate of drug-likeness (QED) is 0.486. The van der Waals surface area contributed by atoms with E-state index in [0.717, 1.165) is 28.7 Å². The monoisotopic (exact) mass is 411 g/mol. The average molecular weight is 411 g/mol. The minimum Gasteiger partial charge on any atom is -0.475 e. The minimum atomic E-state index is -0.837. The first-order valence-electron chi connectivity index (χ1n) is 9.79. The highest BCUT2D eigenvalue weighted by Gasteiger charge is 2.41. The number of nitrogens with zero attached hydrogens (tertiary/aromatic N) is 2. The smallest absolute Gasteiger partial charge is 0.257 e. The summed E-state index contributed by atoms with van der Waals surface area (Å²) >= 11 is 0. The lowest BCUT2D eigenvalue weighted by atomic mass is 10.0. The Morgan fingerprint density at radius 2 is 2.13 bits per heavy atom. The number of aromatic nitrogens is 3. The van der Waals surface area contributed by atoms with Gasteiger partial charge in [-0.25, -0.2) is 4.98 Å². The first-order chi connectivity index (χ1) is 14.6. The molecule has 1 aliphatic rings. The maximum atomic E-state index is 12.8. The van der Waals surface area contributed by atoms with Crippen molar-refractivity contribution in [2.24, 2.45) is 0 Å². The first-order valence-corrected chi connectivity index (χ1v) is 9.79. The second-order valence-electron chi connectivity index (χ2n) is 7.14. The van der Waals surface area contributed by atoms with E-state index in [1.54, 1.807) is 26.5 Å². The molecule has 3 aromatic rings. The topological polar surface area (TPSA) is 110 Å². The van der Waals surface area contributed by atoms with Crippen molar-refractivity contribution in [3.63, 3.8) is 0 Å². The van der Waals surface area contributed by atoms with Crippen LogP contribution < -0.4 is 15.4 Å². The van der Waals surface area contributed by atoms with Crippen molar-refractivity contribution < 1.29 is 19.0 Å². The number of hydrogen-bond donors (Lipinski definition) is 3. The van der Waals surface area contributed by atoms with Crippen LogP contribution in [0.5, 0.6) is 5.88 Å². The van der Waals surface area contributed by atoms with Crippen LogP contribution in [0.15, 0.2) is 36.5 Å². The van der Waals surface area contributed by atoms with Gasteiger partial charge in [0.05, 0.1) is 12.1 Å². The molecular formula is C21H25N5O4. The maximum absolute atomic E-state index is 12.8. The molecule has 3 N–H and O–H groups in total. The fraction of sp³-hybridized carbons (Fsp3) is 0.381. The van der Waals surface area contributed by atoms with E-state index in [9.17, 15) is 4.79 Å². The zero-order chi connectivity index (χ0) is 21.0. The molecule has 0 radical (unpaired) electrons. The van der Waals surface area contributed by atoms with Crippen molar-refractivity contribution in [3.8, 4) is 17.1 Å². The predicted molar refractivity (Wildman–Crippen MR) is 113 cm³/mol. The largest absolute Gasteiger partial charge is 0.475 e. The number of anilines is 1. The van der Waals surface area contributed by atoms with E-state index < -0.39 is 5.60 Å². The van der Waals surface area contributed by atoms with Gasteiger partial charge in [-0.05, 0) is 37.2 Å². The van der Waals surface area contributed by atoms with E-state index in [2.05, 4.69) is 25.8 Å². The normalized spacial score (nSPS) is 18.6. The van der Waals surface area contributed by atoms with Gasteiger partial charge < -0.3 is 24.8 Å². The third-order valence-corrected chi connectivity index (χ3v) is 5.29. The third kappa shape index (κ3) is 4.00. The number of fused-ring (bicyclic) bond motifs is 1. The molecule has 1 aromatic carbocycles. The van der Waals surface area contributed by atoms with E-state index in [1.807, 2.05) is 24.3 Å². The lowest BCUT2D eigenvalue weighted by Crippen LogP contribution is -2.46. The Balaban J connectivity index is 1.55. The van der Waals surface area contributed by atoms with Gasteiger partial charge in [0.15, 0.2) is 5.60 Å². The number of methoxy groups -OCH3 is 2. The number of hydrogen-bond acceptors (Lipinski definition) is 7. The zero-order valence-electron chi connectivity index (χ0n) is 17.0. The average Bonchev–Trinajstić information content (AvgIpc) is 3.42. The molecule has 158 valence electrons. The Labute approximate surface area is 174 Å². The summed E-state index contributed by atoms with van der Waals surface area (Å²) in [6, 6.07) is 9.34. The van der Waals surface area contributed by atoms with E-state index in [4.69, 9.17) is 14.2 Å². The molecular weight excluding hydrogens is 386 g/mol. The van der Waals surface area contributed by atoms with Crippen molar-refractivity contribution in [1.29, 1.82) is 0 Å². The third-order valence-electron chi connectivity index (χ3n) is 5.29. The van der Waals surface area contributed by atoms with Crippen molar-refractivity contribution in [2.75, 3.05) is 45.8 Å². The van der Waals surface area contributed by atoms with E-state index >= 15 is 0 Å². The molecule has 0 unspecified atom stereocenters. The number of aromatic amines is 1. The van der Waals surface area contributed by atoms with Crippen molar-refractivity contribution in [2.45, 2.75) is 12.0 Å². The summed E-state index contributed by atoms with van der Waals surface area (Å²) in [5.74, 6) is 0.372. The van der Waals surface area contributed by atoms with Gasteiger partial charge >= 0.3 is 0 Å². The molecule has 30 heavy (non-hydrogen) atoms.